The Labute approximate surface area is 840 Å². The predicted molar refractivity (Wildman–Crippen MR) is 505 cm³/mol. The molecule has 0 heterocycles. The summed E-state index contributed by atoms with van der Waals surface area (Å²) in [6.07, 6.45) is 0. The van der Waals surface area contributed by atoms with Crippen molar-refractivity contribution in [1.82, 2.24) is 0 Å². The first-order chi connectivity index (χ1) is 60.3. The van der Waals surface area contributed by atoms with Gasteiger partial charge in [0.25, 0.3) is 120 Å². The summed E-state index contributed by atoms with van der Waals surface area (Å²) < 4.78 is 157. The fourth-order valence-corrected chi connectivity index (χ4v) is 852. The molecule has 0 rings (SSSR count). The molecule has 59 nitrogen and oxygen atoms in total. The second-order valence-electron chi connectivity index (χ2n) is 23.9. The summed E-state index contributed by atoms with van der Waals surface area (Å²) in [5.74, 6) is 0. The van der Waals surface area contributed by atoms with Gasteiger partial charge in [-0.25, -0.2) is 0 Å². The van der Waals surface area contributed by atoms with E-state index in [9.17, 15) is 177 Å². The van der Waals surface area contributed by atoms with E-state index in [1.54, 1.807) is 0 Å². The fraction of sp³-hybridized carbons (Fsp3) is 1.00. The molecule has 0 fully saturated rings. The zero-order chi connectivity index (χ0) is 99.4. The Bertz CT molecular complexity index is 2820. The van der Waals surface area contributed by atoms with Gasteiger partial charge in [0.15, 0.2) is 16.2 Å². The molecule has 0 saturated carbocycles. The van der Waals surface area contributed by atoms with Gasteiger partial charge in [0.2, 0.25) is 194 Å². The van der Waals surface area contributed by atoms with Crippen LogP contribution in [0, 0.1) is 0 Å². The van der Waals surface area contributed by atoms with Crippen molar-refractivity contribution in [3.8, 4) is 0 Å². The van der Waals surface area contributed by atoms with Crippen molar-refractivity contribution in [3.63, 3.8) is 0 Å². The molecule has 128 heavy (non-hydrogen) atoms. The van der Waals surface area contributed by atoms with Crippen LogP contribution >= 0.6 is 0 Å². The maximum absolute atomic E-state index is 14.2. The zero-order valence-electron chi connectivity index (χ0n) is 64.6. The van der Waals surface area contributed by atoms with Gasteiger partial charge in [-0.05, 0) is 39.3 Å². The summed E-state index contributed by atoms with van der Waals surface area (Å²) in [6.45, 7) is -86.6. The molecule has 75 radical (unpaired) electrons. The molecule has 0 aromatic rings. The lowest BCUT2D eigenvalue weighted by atomic mass is 11.8. The normalized spacial score (nSPS) is 16.6. The lowest BCUT2D eigenvalue weighted by Gasteiger charge is -2.76. The largest absolute Gasteiger partial charge is 0.439 e. The first-order valence-electron chi connectivity index (χ1n) is 31.1. The number of hydrogen-bond acceptors (Lipinski definition) is 59. The molecule has 119 heteroatoms. The van der Waals surface area contributed by atoms with Crippen LogP contribution in [0.25, 0.3) is 0 Å². The molecule has 0 aliphatic heterocycles. The third kappa shape index (κ3) is 26.7. The minimum atomic E-state index is -9.98. The molecule has 5 atom stereocenters. The lowest BCUT2D eigenvalue weighted by Crippen LogP contribution is -3.21. The second kappa shape index (κ2) is 63.2. The van der Waals surface area contributed by atoms with Gasteiger partial charge in [-0.15, -0.1) is 0 Å². The van der Waals surface area contributed by atoms with E-state index in [0.29, 0.717) is 20.2 Å². The van der Waals surface area contributed by atoms with E-state index in [1.165, 1.54) is 32.7 Å². The zero-order valence-corrected chi connectivity index (χ0v) is 125. The molecule has 0 aliphatic rings. The van der Waals surface area contributed by atoms with E-state index in [1.807, 2.05) is 0 Å². The van der Waals surface area contributed by atoms with Crippen LogP contribution in [0.3, 0.4) is 0 Å². The summed E-state index contributed by atoms with van der Waals surface area (Å²) in [5, 5.41) is 0. The summed E-state index contributed by atoms with van der Waals surface area (Å²) in [7, 11) is -171. The minimum Gasteiger partial charge on any atom is -0.439 e. The van der Waals surface area contributed by atoms with Crippen LogP contribution in [0.4, 0.5) is 0 Å². The van der Waals surface area contributed by atoms with Crippen LogP contribution in [-0.4, -0.2) is 707 Å². The molecule has 5 unspecified atom stereocenters. The van der Waals surface area contributed by atoms with Crippen molar-refractivity contribution in [2.45, 2.75) is 52.4 Å². The van der Waals surface area contributed by atoms with Crippen molar-refractivity contribution in [2.24, 2.45) is 0 Å². The van der Waals surface area contributed by atoms with E-state index in [0.717, 1.165) is 6.55 Å². The fourth-order valence-electron chi connectivity index (χ4n) is 12.1. The quantitative estimate of drug-likeness (QED) is 0.0251. The van der Waals surface area contributed by atoms with Crippen LogP contribution in [0.5, 0.6) is 0 Å². The Morgan fingerprint density at radius 1 is 0.219 bits per heavy atom. The minimum absolute atomic E-state index is 0.706. The first-order valence-corrected chi connectivity index (χ1v) is 149. The molecule has 0 aliphatic carbocycles. The van der Waals surface area contributed by atoms with Gasteiger partial charge in [-0.3, -0.25) is 0 Å². The monoisotopic (exact) mass is 2800 g/mol. The highest BCUT2D eigenvalue weighted by Crippen LogP contribution is 2.61. The predicted octanol–water partition coefficient (Wildman–Crippen LogP) is -40.4. The van der Waals surface area contributed by atoms with E-state index < -0.39 is 522 Å². The van der Waals surface area contributed by atoms with E-state index in [2.05, 4.69) is 0 Å². The topological polar surface area (TPSA) is 952 Å². The van der Waals surface area contributed by atoms with Gasteiger partial charge in [-0.2, -0.15) is 0 Å². The van der Waals surface area contributed by atoms with Crippen LogP contribution < -0.4 is 0 Å². The van der Waals surface area contributed by atoms with E-state index >= 15 is 0 Å². The highest BCUT2D eigenvalue weighted by Gasteiger charge is 3.08. The highest BCUT2D eigenvalue weighted by molar-refractivity contribution is 8.34. The standard InChI is InChI=1S/C9H65O59Si60/c1-47-124(105-46,106(2)3)114(90-31,53-74-15)67-126(127(120(97-38,98-39)57-78-19,121(99-40,100-41)58-79-20)65-112(86-27,87-28)51-72-13,128(122(101-42,102-43)59-80-21,123(103-44,104-45)60-81-22)66-113(88-29,89-30)52-73-14)115(62-107(4)61-108(5,6)7,125(109(8,9)48-69-10,119(95-36,96-37)56-77-18)64-111(84-25,85-26)50-71-12)68-116(117(91-32,92-33)54-75-16,118(93-34,94-35)55-76-17)63-110(82-23,83-24)49-70-11/h10-46,107H,1-9H3. The molecular formula is C9H65O59Si60. The van der Waals surface area contributed by atoms with Crippen LogP contribution in [0.2, 0.25) is 52.4 Å². The Balaban J connectivity index is 18.7. The summed E-state index contributed by atoms with van der Waals surface area (Å²) in [5.41, 5.74) is 0. The summed E-state index contributed by atoms with van der Waals surface area (Å²) in [4.78, 5) is 485. The van der Waals surface area contributed by atoms with E-state index in [4.69, 9.17) is 90.8 Å². The maximum atomic E-state index is 14.2. The van der Waals surface area contributed by atoms with Gasteiger partial charge in [0.05, 0.1) is 8.31 Å². The number of hydrogen-bond donors (Lipinski definition) is 37. The van der Waals surface area contributed by atoms with Gasteiger partial charge < -0.3 is 268 Å². The van der Waals surface area contributed by atoms with Crippen molar-refractivity contribution < 1.29 is 268 Å². The molecule has 0 aromatic carbocycles. The Morgan fingerprint density at radius 2 is 0.453 bits per heavy atom. The van der Waals surface area contributed by atoms with Crippen molar-refractivity contribution in [1.29, 1.82) is 0 Å². The highest BCUT2D eigenvalue weighted by atomic mass is 30.6. The van der Waals surface area contributed by atoms with Gasteiger partial charge >= 0.3 is 183 Å². The van der Waals surface area contributed by atoms with Crippen LogP contribution in [0.15, 0.2) is 0 Å². The van der Waals surface area contributed by atoms with Crippen molar-refractivity contribution in [2.75, 3.05) is 7.11 Å². The van der Waals surface area contributed by atoms with Crippen molar-refractivity contribution >= 4 is 522 Å². The molecular weight excluding hydrogens is 2740 g/mol. The molecule has 37 N–H and O–H groups in total. The first kappa shape index (κ1) is 139. The Hall–Kier alpha value is 10.7. The van der Waals surface area contributed by atoms with Crippen LogP contribution in [-0.2, 0) is 90.8 Å². The van der Waals surface area contributed by atoms with Gasteiger partial charge in [0, 0.05) is 7.11 Å². The smallest absolute Gasteiger partial charge is 0.420 e. The summed E-state index contributed by atoms with van der Waals surface area (Å²) >= 11 is 0. The maximum Gasteiger partial charge on any atom is 0.420 e. The number of rotatable bonds is 81. The molecule has 0 amide bonds. The second-order valence-corrected chi connectivity index (χ2v) is 276. The molecule has 0 saturated heterocycles. The lowest BCUT2D eigenvalue weighted by molar-refractivity contribution is 0.298. The third-order valence-electron chi connectivity index (χ3n) is 16.6. The molecule has 695 valence electrons. The third-order valence-corrected chi connectivity index (χ3v) is 485. The van der Waals surface area contributed by atoms with Gasteiger partial charge in [-0.1, -0.05) is 13.1 Å². The molecule has 0 bridgehead atoms. The van der Waals surface area contributed by atoms with Crippen molar-refractivity contribution in [3.05, 3.63) is 0 Å². The SMILES string of the molecule is CO[Si]([Si]O)([Si](C)C)[Si](O[Si]O)(O[Si]([Si](O[SiH](C)O[Si](C)(C)C)(O[Si](O[Si](O[Si]O)([Si]O)[Si]O)([Si](O[Si]O)([Si]O)[Si]O)[Si](O[Si]O)([Si]O)[Si]O)[Si](O[Si](O[Si]O)([Si]O)[Si]O)([Si](C)(C)O[Si]O)[Si](O[Si]O)([Si]O)[Si]O)([Si](O[Si](O[Si]O)([Si]O)[Si]O)([Si](O[Si]O)([Si]O)[Si]O)[Si](O[Si]O)([Si]O)[Si]O)[Si](O[Si](O[Si]O)([Si]O)[Si]O)([Si](O[Si]O)([Si]O)[Si]O)[Si](O[Si]O)([Si]O)[Si]O)[Si]O. The summed E-state index contributed by atoms with van der Waals surface area (Å²) in [6, 6.07) is 0. The van der Waals surface area contributed by atoms with Crippen LogP contribution in [0.1, 0.15) is 0 Å². The van der Waals surface area contributed by atoms with E-state index in [-0.39, 0.29) is 0 Å². The molecule has 0 aromatic heterocycles. The molecule has 0 spiro atoms. The average Bonchev–Trinajstić information content (AvgIpc) is 0.614. The average molecular weight is 2800 g/mol. The Kier molecular flexibility index (Phi) is 68.5. The Morgan fingerprint density at radius 3 is 0.656 bits per heavy atom. The van der Waals surface area contributed by atoms with Gasteiger partial charge in [0.1, 0.15) is 0 Å².